The minimum absolute atomic E-state index is 0.0646. The first-order chi connectivity index (χ1) is 10.2. The average molecular weight is 350 g/mol. The van der Waals surface area contributed by atoms with E-state index >= 15 is 0 Å². The molecule has 1 aliphatic heterocycles. The fraction of sp³-hybridized carbons (Fsp3) is 0.133. The summed E-state index contributed by atoms with van der Waals surface area (Å²) in [7, 11) is 0. The second kappa shape index (κ2) is 6.05. The number of nitrogens with one attached hydrogen (secondary N) is 1. The van der Waals surface area contributed by atoms with Crippen molar-refractivity contribution in [3.8, 4) is 17.2 Å². The van der Waals surface area contributed by atoms with Crippen LogP contribution in [0.2, 0.25) is 0 Å². The summed E-state index contributed by atoms with van der Waals surface area (Å²) in [5.74, 6) is 1.69. The third-order valence-corrected chi connectivity index (χ3v) is 3.32. The zero-order valence-electron chi connectivity index (χ0n) is 11.0. The molecule has 2 aromatic rings. The van der Waals surface area contributed by atoms with Gasteiger partial charge in [0.05, 0.1) is 0 Å². The van der Waals surface area contributed by atoms with Gasteiger partial charge in [0.2, 0.25) is 6.79 Å². The maximum absolute atomic E-state index is 11.9. The van der Waals surface area contributed by atoms with Gasteiger partial charge >= 0.3 is 0 Å². The second-order valence-electron chi connectivity index (χ2n) is 4.36. The van der Waals surface area contributed by atoms with Crippen molar-refractivity contribution in [2.75, 3.05) is 18.7 Å². The molecule has 0 bridgehead atoms. The zero-order valence-corrected chi connectivity index (χ0v) is 12.6. The van der Waals surface area contributed by atoms with Gasteiger partial charge in [0.15, 0.2) is 18.1 Å². The van der Waals surface area contributed by atoms with E-state index in [4.69, 9.17) is 14.2 Å². The number of anilines is 1. The first-order valence-electron chi connectivity index (χ1n) is 6.28. The molecule has 0 atom stereocenters. The Morgan fingerprint density at radius 1 is 1.19 bits per heavy atom. The normalized spacial score (nSPS) is 12.0. The largest absolute Gasteiger partial charge is 0.484 e. The van der Waals surface area contributed by atoms with Gasteiger partial charge in [-0.05, 0) is 30.3 Å². The highest BCUT2D eigenvalue weighted by Gasteiger charge is 2.14. The van der Waals surface area contributed by atoms with Crippen LogP contribution in [0.25, 0.3) is 0 Å². The summed E-state index contributed by atoms with van der Waals surface area (Å²) in [6, 6.07) is 12.6. The van der Waals surface area contributed by atoms with Crippen molar-refractivity contribution in [2.45, 2.75) is 0 Å². The lowest BCUT2D eigenvalue weighted by molar-refractivity contribution is -0.118. The Hall–Kier alpha value is -2.21. The van der Waals surface area contributed by atoms with Crippen molar-refractivity contribution in [3.63, 3.8) is 0 Å². The number of ether oxygens (including phenoxy) is 3. The molecule has 5 nitrogen and oxygen atoms in total. The number of benzene rings is 2. The molecule has 3 rings (SSSR count). The van der Waals surface area contributed by atoms with Crippen LogP contribution in [0.5, 0.6) is 17.2 Å². The number of amides is 1. The van der Waals surface area contributed by atoms with Gasteiger partial charge < -0.3 is 19.5 Å². The number of halogens is 1. The SMILES string of the molecule is O=C(COc1cccc(Br)c1)Nc1ccc2c(c1)OCO2. The predicted octanol–water partition coefficient (Wildman–Crippen LogP) is 3.20. The van der Waals surface area contributed by atoms with E-state index in [9.17, 15) is 4.79 Å². The van der Waals surface area contributed by atoms with Gasteiger partial charge in [-0.3, -0.25) is 4.79 Å². The van der Waals surface area contributed by atoms with E-state index in [2.05, 4.69) is 21.2 Å². The van der Waals surface area contributed by atoms with E-state index in [1.807, 2.05) is 12.1 Å². The molecule has 0 unspecified atom stereocenters. The van der Waals surface area contributed by atoms with Crippen LogP contribution in [0.15, 0.2) is 46.9 Å². The third-order valence-electron chi connectivity index (χ3n) is 2.82. The topological polar surface area (TPSA) is 56.8 Å². The fourth-order valence-electron chi connectivity index (χ4n) is 1.88. The van der Waals surface area contributed by atoms with Crippen molar-refractivity contribution >= 4 is 27.5 Å². The maximum Gasteiger partial charge on any atom is 0.262 e. The maximum atomic E-state index is 11.9. The third kappa shape index (κ3) is 3.46. The first kappa shape index (κ1) is 13.8. The predicted molar refractivity (Wildman–Crippen MR) is 80.8 cm³/mol. The van der Waals surface area contributed by atoms with Crippen molar-refractivity contribution < 1.29 is 19.0 Å². The van der Waals surface area contributed by atoms with E-state index in [0.717, 1.165) is 4.47 Å². The molecule has 0 aliphatic carbocycles. The molecule has 1 N–H and O–H groups in total. The number of hydrogen-bond acceptors (Lipinski definition) is 4. The Balaban J connectivity index is 1.57. The lowest BCUT2D eigenvalue weighted by atomic mass is 10.3. The Morgan fingerprint density at radius 2 is 2.05 bits per heavy atom. The van der Waals surface area contributed by atoms with E-state index < -0.39 is 0 Å². The zero-order chi connectivity index (χ0) is 14.7. The summed E-state index contributed by atoms with van der Waals surface area (Å²) >= 11 is 3.35. The van der Waals surface area contributed by atoms with Crippen molar-refractivity contribution in [1.29, 1.82) is 0 Å². The number of hydrogen-bond donors (Lipinski definition) is 1. The quantitative estimate of drug-likeness (QED) is 0.920. The molecule has 2 aromatic carbocycles. The number of rotatable bonds is 4. The van der Waals surface area contributed by atoms with Crippen molar-refractivity contribution in [3.05, 3.63) is 46.9 Å². The molecule has 21 heavy (non-hydrogen) atoms. The summed E-state index contributed by atoms with van der Waals surface area (Å²) in [5, 5.41) is 2.75. The molecule has 0 radical (unpaired) electrons. The first-order valence-corrected chi connectivity index (χ1v) is 7.08. The molecule has 0 spiro atoms. The highest BCUT2D eigenvalue weighted by molar-refractivity contribution is 9.10. The van der Waals surface area contributed by atoms with Crippen LogP contribution >= 0.6 is 15.9 Å². The average Bonchev–Trinajstić information content (AvgIpc) is 2.93. The lowest BCUT2D eigenvalue weighted by Gasteiger charge is -2.08. The molecular formula is C15H12BrNO4. The fourth-order valence-corrected chi connectivity index (χ4v) is 2.26. The molecule has 0 saturated heterocycles. The molecule has 0 saturated carbocycles. The number of carbonyl (C=O) groups is 1. The number of carbonyl (C=O) groups excluding carboxylic acids is 1. The Labute approximate surface area is 129 Å². The van der Waals surface area contributed by atoms with Crippen LogP contribution in [0.4, 0.5) is 5.69 Å². The van der Waals surface area contributed by atoms with Gasteiger partial charge in [0.25, 0.3) is 5.91 Å². The molecule has 1 heterocycles. The van der Waals surface area contributed by atoms with Crippen LogP contribution < -0.4 is 19.5 Å². The molecule has 108 valence electrons. The second-order valence-corrected chi connectivity index (χ2v) is 5.28. The highest BCUT2D eigenvalue weighted by Crippen LogP contribution is 2.34. The molecule has 0 fully saturated rings. The van der Waals surface area contributed by atoms with Crippen LogP contribution in [0.3, 0.4) is 0 Å². The summed E-state index contributed by atoms with van der Waals surface area (Å²) < 4.78 is 16.8. The summed E-state index contributed by atoms with van der Waals surface area (Å²) in [4.78, 5) is 11.9. The van der Waals surface area contributed by atoms with Crippen molar-refractivity contribution in [1.82, 2.24) is 0 Å². The standard InChI is InChI=1S/C15H12BrNO4/c16-10-2-1-3-12(6-10)19-8-15(18)17-11-4-5-13-14(7-11)21-9-20-13/h1-7H,8-9H2,(H,17,18). The molecule has 1 amide bonds. The lowest BCUT2D eigenvalue weighted by Crippen LogP contribution is -2.20. The van der Waals surface area contributed by atoms with Crippen LogP contribution in [-0.4, -0.2) is 19.3 Å². The Bertz CT molecular complexity index is 674. The van der Waals surface area contributed by atoms with Gasteiger partial charge in [0, 0.05) is 16.2 Å². The van der Waals surface area contributed by atoms with Gasteiger partial charge in [-0.1, -0.05) is 22.0 Å². The molecular weight excluding hydrogens is 338 g/mol. The monoisotopic (exact) mass is 349 g/mol. The minimum Gasteiger partial charge on any atom is -0.484 e. The number of fused-ring (bicyclic) bond motifs is 1. The van der Waals surface area contributed by atoms with E-state index in [0.29, 0.717) is 22.9 Å². The molecule has 1 aliphatic rings. The smallest absolute Gasteiger partial charge is 0.262 e. The van der Waals surface area contributed by atoms with Crippen molar-refractivity contribution in [2.24, 2.45) is 0 Å². The molecule has 0 aromatic heterocycles. The van der Waals surface area contributed by atoms with E-state index in [1.165, 1.54) is 0 Å². The van der Waals surface area contributed by atoms with Crippen LogP contribution in [-0.2, 0) is 4.79 Å². The minimum atomic E-state index is -0.242. The van der Waals surface area contributed by atoms with Crippen LogP contribution in [0.1, 0.15) is 0 Å². The van der Waals surface area contributed by atoms with E-state index in [1.54, 1.807) is 30.3 Å². The Morgan fingerprint density at radius 3 is 2.90 bits per heavy atom. The highest BCUT2D eigenvalue weighted by atomic mass is 79.9. The van der Waals surface area contributed by atoms with E-state index in [-0.39, 0.29) is 19.3 Å². The van der Waals surface area contributed by atoms with Crippen LogP contribution in [0, 0.1) is 0 Å². The van der Waals surface area contributed by atoms with Gasteiger partial charge in [-0.2, -0.15) is 0 Å². The Kier molecular flexibility index (Phi) is 3.96. The summed E-state index contributed by atoms with van der Waals surface area (Å²) in [6.45, 7) is 0.142. The van der Waals surface area contributed by atoms with Gasteiger partial charge in [-0.15, -0.1) is 0 Å². The van der Waals surface area contributed by atoms with Gasteiger partial charge in [0.1, 0.15) is 5.75 Å². The summed E-state index contributed by atoms with van der Waals surface area (Å²) in [6.07, 6.45) is 0. The van der Waals surface area contributed by atoms with Gasteiger partial charge in [-0.25, -0.2) is 0 Å². The molecule has 6 heteroatoms. The summed E-state index contributed by atoms with van der Waals surface area (Å²) in [5.41, 5.74) is 0.641.